The van der Waals surface area contributed by atoms with Crippen molar-refractivity contribution in [2.75, 3.05) is 18.9 Å². The van der Waals surface area contributed by atoms with E-state index in [9.17, 15) is 0 Å². The number of rotatable bonds is 5. The highest BCUT2D eigenvalue weighted by molar-refractivity contribution is 7.99. The second-order valence-electron chi connectivity index (χ2n) is 5.80. The van der Waals surface area contributed by atoms with Gasteiger partial charge in [-0.3, -0.25) is 4.99 Å². The predicted molar refractivity (Wildman–Crippen MR) is 101 cm³/mol. The lowest BCUT2D eigenvalue weighted by atomic mass is 10.0. The van der Waals surface area contributed by atoms with E-state index in [1.807, 2.05) is 18.2 Å². The first-order chi connectivity index (χ1) is 11.7. The van der Waals surface area contributed by atoms with Crippen LogP contribution < -0.4 is 15.8 Å². The lowest BCUT2D eigenvalue weighted by Gasteiger charge is -2.26. The average Bonchev–Trinajstić information content (AvgIpc) is 2.61. The number of nitrogens with one attached hydrogen (secondary N) is 1. The molecule has 0 bridgehead atoms. The quantitative estimate of drug-likeness (QED) is 0.378. The summed E-state index contributed by atoms with van der Waals surface area (Å²) in [5.74, 6) is 2.35. The highest BCUT2D eigenvalue weighted by Gasteiger charge is 2.21. The second kappa shape index (κ2) is 8.11. The predicted octanol–water partition coefficient (Wildman–Crippen LogP) is 3.52. The number of ether oxygens (including phenoxy) is 1. The minimum atomic E-state index is 0.170. The molecule has 5 heteroatoms. The van der Waals surface area contributed by atoms with Crippen LogP contribution in [0, 0.1) is 6.92 Å². The first-order valence-corrected chi connectivity index (χ1v) is 9.18. The van der Waals surface area contributed by atoms with Crippen molar-refractivity contribution in [1.29, 1.82) is 0 Å². The first-order valence-electron chi connectivity index (χ1n) is 8.20. The number of guanidine groups is 1. The monoisotopic (exact) mass is 341 g/mol. The van der Waals surface area contributed by atoms with E-state index in [4.69, 9.17) is 10.5 Å². The number of aliphatic imine (C=N–C) groups is 1. The smallest absolute Gasteiger partial charge is 0.189 e. The topological polar surface area (TPSA) is 59.6 Å². The van der Waals surface area contributed by atoms with Gasteiger partial charge in [-0.05, 0) is 25.1 Å². The molecule has 2 aromatic carbocycles. The van der Waals surface area contributed by atoms with Crippen LogP contribution in [0.3, 0.4) is 0 Å². The Bertz CT molecular complexity index is 700. The Morgan fingerprint density at radius 1 is 1.25 bits per heavy atom. The van der Waals surface area contributed by atoms with Gasteiger partial charge in [-0.15, -0.1) is 11.8 Å². The minimum Gasteiger partial charge on any atom is -0.493 e. The summed E-state index contributed by atoms with van der Waals surface area (Å²) < 4.78 is 5.67. The molecule has 126 valence electrons. The summed E-state index contributed by atoms with van der Waals surface area (Å²) in [6, 6.07) is 16.8. The molecule has 3 rings (SSSR count). The van der Waals surface area contributed by atoms with Crippen molar-refractivity contribution in [1.82, 2.24) is 5.32 Å². The van der Waals surface area contributed by atoms with Crippen LogP contribution >= 0.6 is 11.8 Å². The summed E-state index contributed by atoms with van der Waals surface area (Å²) in [6.45, 7) is 3.49. The summed E-state index contributed by atoms with van der Waals surface area (Å²) in [4.78, 5) is 5.71. The van der Waals surface area contributed by atoms with Crippen molar-refractivity contribution in [3.05, 3.63) is 59.7 Å². The molecule has 1 atom stereocenters. The third-order valence-corrected chi connectivity index (χ3v) is 4.94. The maximum Gasteiger partial charge on any atom is 0.189 e. The van der Waals surface area contributed by atoms with Crippen LogP contribution in [0.2, 0.25) is 0 Å². The van der Waals surface area contributed by atoms with E-state index in [-0.39, 0.29) is 6.04 Å². The molecule has 0 saturated carbocycles. The van der Waals surface area contributed by atoms with E-state index in [0.29, 0.717) is 19.1 Å². The summed E-state index contributed by atoms with van der Waals surface area (Å²) in [6.07, 6.45) is 0.894. The van der Waals surface area contributed by atoms with Crippen LogP contribution in [0.4, 0.5) is 0 Å². The average molecular weight is 341 g/mol. The Hall–Kier alpha value is -2.14. The fourth-order valence-electron chi connectivity index (χ4n) is 2.68. The molecule has 0 aromatic heterocycles. The molecule has 0 radical (unpaired) electrons. The van der Waals surface area contributed by atoms with E-state index >= 15 is 0 Å². The maximum atomic E-state index is 6.05. The molecule has 0 saturated heterocycles. The largest absolute Gasteiger partial charge is 0.493 e. The van der Waals surface area contributed by atoms with Gasteiger partial charge in [0, 0.05) is 22.6 Å². The Kier molecular flexibility index (Phi) is 5.64. The normalized spacial score (nSPS) is 17.0. The van der Waals surface area contributed by atoms with Gasteiger partial charge in [-0.2, -0.15) is 0 Å². The van der Waals surface area contributed by atoms with E-state index in [2.05, 4.69) is 47.6 Å². The van der Waals surface area contributed by atoms with Crippen LogP contribution in [0.1, 0.15) is 23.6 Å². The summed E-state index contributed by atoms with van der Waals surface area (Å²) in [5, 5.41) is 3.32. The fourth-order valence-corrected chi connectivity index (χ4v) is 3.43. The molecule has 0 amide bonds. The van der Waals surface area contributed by atoms with Crippen molar-refractivity contribution >= 4 is 17.7 Å². The Balaban J connectivity index is 1.49. The molecule has 0 aliphatic carbocycles. The summed E-state index contributed by atoms with van der Waals surface area (Å²) in [7, 11) is 0. The third kappa shape index (κ3) is 4.45. The molecule has 24 heavy (non-hydrogen) atoms. The Morgan fingerprint density at radius 3 is 2.88 bits per heavy atom. The second-order valence-corrected chi connectivity index (χ2v) is 6.97. The standard InChI is InChI=1S/C19H23N3OS/c1-14-6-8-15(9-7-14)24-13-11-21-19(20)22-17-10-12-23-18-5-3-2-4-16(17)18/h2-9,17H,10-13H2,1H3,(H3,20,21,22). The molecular formula is C19H23N3OS. The van der Waals surface area contributed by atoms with Gasteiger partial charge in [0.15, 0.2) is 5.96 Å². The van der Waals surface area contributed by atoms with E-state index in [1.54, 1.807) is 11.8 Å². The van der Waals surface area contributed by atoms with Gasteiger partial charge in [0.2, 0.25) is 0 Å². The zero-order valence-corrected chi connectivity index (χ0v) is 14.7. The zero-order chi connectivity index (χ0) is 16.8. The fraction of sp³-hybridized carbons (Fsp3) is 0.316. The molecule has 0 spiro atoms. The van der Waals surface area contributed by atoms with Crippen molar-refractivity contribution in [2.45, 2.75) is 24.3 Å². The molecule has 1 aliphatic heterocycles. The van der Waals surface area contributed by atoms with Gasteiger partial charge in [0.25, 0.3) is 0 Å². The summed E-state index contributed by atoms with van der Waals surface area (Å²) in [5.41, 5.74) is 8.48. The van der Waals surface area contributed by atoms with Crippen molar-refractivity contribution in [2.24, 2.45) is 10.7 Å². The Labute approximate surface area is 147 Å². The number of aryl methyl sites for hydroxylation is 1. The molecule has 0 fully saturated rings. The number of para-hydroxylation sites is 1. The van der Waals surface area contributed by atoms with Gasteiger partial charge in [0.05, 0.1) is 19.2 Å². The molecule has 4 nitrogen and oxygen atoms in total. The van der Waals surface area contributed by atoms with E-state index < -0.39 is 0 Å². The highest BCUT2D eigenvalue weighted by atomic mass is 32.2. The molecule has 2 aromatic rings. The van der Waals surface area contributed by atoms with Crippen LogP contribution in [0.15, 0.2) is 58.4 Å². The molecule has 1 unspecified atom stereocenters. The number of hydrogen-bond donors (Lipinski definition) is 2. The number of benzene rings is 2. The SMILES string of the molecule is Cc1ccc(SCCN=C(N)NC2CCOc3ccccc32)cc1. The van der Waals surface area contributed by atoms with Crippen LogP contribution in [0.5, 0.6) is 5.75 Å². The van der Waals surface area contributed by atoms with Crippen molar-refractivity contribution in [3.8, 4) is 5.75 Å². The van der Waals surface area contributed by atoms with Gasteiger partial charge in [0.1, 0.15) is 5.75 Å². The Morgan fingerprint density at radius 2 is 2.04 bits per heavy atom. The number of fused-ring (bicyclic) bond motifs is 1. The first kappa shape index (κ1) is 16.7. The maximum absolute atomic E-state index is 6.05. The van der Waals surface area contributed by atoms with Gasteiger partial charge in [-0.25, -0.2) is 0 Å². The third-order valence-electron chi connectivity index (χ3n) is 3.94. The van der Waals surface area contributed by atoms with Crippen molar-refractivity contribution in [3.63, 3.8) is 0 Å². The van der Waals surface area contributed by atoms with E-state index in [0.717, 1.165) is 23.5 Å². The number of nitrogens with zero attached hydrogens (tertiary/aromatic N) is 1. The minimum absolute atomic E-state index is 0.170. The molecular weight excluding hydrogens is 318 g/mol. The number of nitrogens with two attached hydrogens (primary N) is 1. The zero-order valence-electron chi connectivity index (χ0n) is 13.9. The van der Waals surface area contributed by atoms with Crippen LogP contribution in [0.25, 0.3) is 0 Å². The van der Waals surface area contributed by atoms with Crippen LogP contribution in [-0.4, -0.2) is 24.9 Å². The molecule has 1 aliphatic rings. The number of thioether (sulfide) groups is 1. The van der Waals surface area contributed by atoms with Gasteiger partial charge < -0.3 is 15.8 Å². The van der Waals surface area contributed by atoms with Crippen molar-refractivity contribution < 1.29 is 4.74 Å². The molecule has 1 heterocycles. The van der Waals surface area contributed by atoms with Gasteiger partial charge >= 0.3 is 0 Å². The van der Waals surface area contributed by atoms with E-state index in [1.165, 1.54) is 10.5 Å². The lowest BCUT2D eigenvalue weighted by molar-refractivity contribution is 0.262. The van der Waals surface area contributed by atoms with Crippen LogP contribution in [-0.2, 0) is 0 Å². The highest BCUT2D eigenvalue weighted by Crippen LogP contribution is 2.31. The molecule has 3 N–H and O–H groups in total. The van der Waals surface area contributed by atoms with Gasteiger partial charge in [-0.1, -0.05) is 35.9 Å². The lowest BCUT2D eigenvalue weighted by Crippen LogP contribution is -2.37. The number of hydrogen-bond acceptors (Lipinski definition) is 3. The summed E-state index contributed by atoms with van der Waals surface area (Å²) >= 11 is 1.80.